The minimum absolute atomic E-state index is 0.565. The van der Waals surface area contributed by atoms with Crippen molar-refractivity contribution in [1.29, 1.82) is 0 Å². The summed E-state index contributed by atoms with van der Waals surface area (Å²) in [5, 5.41) is 10.6. The Kier molecular flexibility index (Phi) is 10.1. The quantitative estimate of drug-likeness (QED) is 0.364. The first-order valence-electron chi connectivity index (χ1n) is 8.31. The largest absolute Gasteiger partial charge is 0.382 e. The summed E-state index contributed by atoms with van der Waals surface area (Å²) >= 11 is 0. The van der Waals surface area contributed by atoms with Crippen LogP contribution < -0.4 is 10.6 Å². The monoisotopic (exact) mass is 326 g/mol. The van der Waals surface area contributed by atoms with Gasteiger partial charge in [0.1, 0.15) is 5.76 Å². The van der Waals surface area contributed by atoms with Gasteiger partial charge in [-0.25, -0.2) is 4.99 Å². The van der Waals surface area contributed by atoms with E-state index in [1.54, 1.807) is 7.11 Å². The lowest BCUT2D eigenvalue weighted by Crippen LogP contribution is -2.39. The van der Waals surface area contributed by atoms with Gasteiger partial charge in [-0.3, -0.25) is 0 Å². The summed E-state index contributed by atoms with van der Waals surface area (Å²) in [5.41, 5.74) is 2.09. The molecule has 23 heavy (non-hydrogen) atoms. The van der Waals surface area contributed by atoms with E-state index in [1.165, 1.54) is 0 Å². The molecule has 1 rings (SSSR count). The van der Waals surface area contributed by atoms with E-state index in [9.17, 15) is 0 Å². The van der Waals surface area contributed by atoms with Gasteiger partial charge in [0.05, 0.1) is 32.1 Å². The Morgan fingerprint density at radius 1 is 1.13 bits per heavy atom. The molecular formula is C16H30N4O3. The summed E-state index contributed by atoms with van der Waals surface area (Å²) in [4.78, 5) is 4.62. The number of hydrogen-bond acceptors (Lipinski definition) is 5. The Morgan fingerprint density at radius 3 is 2.61 bits per heavy atom. The minimum Gasteiger partial charge on any atom is -0.382 e. The molecule has 1 aromatic heterocycles. The summed E-state index contributed by atoms with van der Waals surface area (Å²) in [6, 6.07) is 0. The van der Waals surface area contributed by atoms with Gasteiger partial charge in [0, 0.05) is 32.2 Å². The van der Waals surface area contributed by atoms with Crippen molar-refractivity contribution in [3.63, 3.8) is 0 Å². The molecule has 0 aliphatic carbocycles. The maximum absolute atomic E-state index is 5.43. The highest BCUT2D eigenvalue weighted by Gasteiger charge is 2.12. The fourth-order valence-corrected chi connectivity index (χ4v) is 2.10. The summed E-state index contributed by atoms with van der Waals surface area (Å²) in [5.74, 6) is 1.69. The van der Waals surface area contributed by atoms with E-state index in [0.29, 0.717) is 32.9 Å². The molecule has 0 atom stereocenters. The van der Waals surface area contributed by atoms with E-state index in [0.717, 1.165) is 42.4 Å². The van der Waals surface area contributed by atoms with Gasteiger partial charge < -0.3 is 24.6 Å². The number of aromatic nitrogens is 1. The lowest BCUT2D eigenvalue weighted by atomic mass is 10.1. The average molecular weight is 326 g/mol. The van der Waals surface area contributed by atoms with Gasteiger partial charge in [0.2, 0.25) is 0 Å². The predicted molar refractivity (Wildman–Crippen MR) is 90.8 cm³/mol. The fraction of sp³-hybridized carbons (Fsp3) is 0.750. The van der Waals surface area contributed by atoms with E-state index < -0.39 is 0 Å². The second kappa shape index (κ2) is 11.9. The number of nitrogens with one attached hydrogen (secondary N) is 2. The number of nitrogens with zero attached hydrogens (tertiary/aromatic N) is 2. The van der Waals surface area contributed by atoms with Crippen molar-refractivity contribution in [2.75, 3.05) is 40.0 Å². The molecule has 0 fully saturated rings. The van der Waals surface area contributed by atoms with Gasteiger partial charge in [0.25, 0.3) is 0 Å². The first-order valence-corrected chi connectivity index (χ1v) is 8.31. The third-order valence-electron chi connectivity index (χ3n) is 3.32. The highest BCUT2D eigenvalue weighted by Crippen LogP contribution is 2.16. The Balaban J connectivity index is 2.53. The number of ether oxygens (including phenoxy) is 2. The molecule has 2 N–H and O–H groups in total. The van der Waals surface area contributed by atoms with Crippen molar-refractivity contribution in [1.82, 2.24) is 15.8 Å². The topological polar surface area (TPSA) is 80.9 Å². The van der Waals surface area contributed by atoms with Crippen LogP contribution in [-0.4, -0.2) is 51.1 Å². The molecule has 0 bridgehead atoms. The maximum atomic E-state index is 5.43. The molecule has 0 spiro atoms. The summed E-state index contributed by atoms with van der Waals surface area (Å²) in [6.45, 7) is 10.1. The SMILES string of the molecule is CCNC(=NCc1c(CC)noc1CC)NCCOCCOC. The van der Waals surface area contributed by atoms with Crippen molar-refractivity contribution in [3.8, 4) is 0 Å². The molecule has 0 aliphatic heterocycles. The molecule has 0 radical (unpaired) electrons. The third-order valence-corrected chi connectivity index (χ3v) is 3.32. The van der Waals surface area contributed by atoms with Gasteiger partial charge in [-0.15, -0.1) is 0 Å². The number of rotatable bonds is 11. The summed E-state index contributed by atoms with van der Waals surface area (Å²) < 4.78 is 15.7. The zero-order chi connectivity index (χ0) is 16.9. The molecule has 0 saturated heterocycles. The Labute approximate surface area is 138 Å². The van der Waals surface area contributed by atoms with Crippen LogP contribution in [0.4, 0.5) is 0 Å². The second-order valence-electron chi connectivity index (χ2n) is 4.97. The van der Waals surface area contributed by atoms with Crippen LogP contribution in [0, 0.1) is 0 Å². The number of methoxy groups -OCH3 is 1. The molecule has 1 heterocycles. The number of aliphatic imine (C=N–C) groups is 1. The molecule has 1 aromatic rings. The summed E-state index contributed by atoms with van der Waals surface area (Å²) in [7, 11) is 1.66. The van der Waals surface area contributed by atoms with E-state index >= 15 is 0 Å². The first-order chi connectivity index (χ1) is 11.3. The van der Waals surface area contributed by atoms with Gasteiger partial charge in [-0.1, -0.05) is 19.0 Å². The van der Waals surface area contributed by atoms with Crippen molar-refractivity contribution in [2.24, 2.45) is 4.99 Å². The van der Waals surface area contributed by atoms with E-state index in [-0.39, 0.29) is 0 Å². The molecule has 7 heteroatoms. The van der Waals surface area contributed by atoms with Gasteiger partial charge in [-0.05, 0) is 13.3 Å². The zero-order valence-corrected chi connectivity index (χ0v) is 14.8. The van der Waals surface area contributed by atoms with Crippen LogP contribution in [0.5, 0.6) is 0 Å². The van der Waals surface area contributed by atoms with E-state index in [4.69, 9.17) is 14.0 Å². The Bertz CT molecular complexity index is 439. The van der Waals surface area contributed by atoms with E-state index in [1.807, 2.05) is 6.92 Å². The standard InChI is InChI=1S/C16H30N4O3/c1-5-14-13(15(6-2)23-20-14)12-19-16(17-7-3)18-8-9-22-11-10-21-4/h5-12H2,1-4H3,(H2,17,18,19). The van der Waals surface area contributed by atoms with Gasteiger partial charge in [0.15, 0.2) is 5.96 Å². The van der Waals surface area contributed by atoms with E-state index in [2.05, 4.69) is 34.6 Å². The smallest absolute Gasteiger partial charge is 0.191 e. The van der Waals surface area contributed by atoms with Crippen LogP contribution in [0.15, 0.2) is 9.52 Å². The van der Waals surface area contributed by atoms with Crippen LogP contribution in [0.1, 0.15) is 37.8 Å². The van der Waals surface area contributed by atoms with Crippen molar-refractivity contribution >= 4 is 5.96 Å². The predicted octanol–water partition coefficient (Wildman–Crippen LogP) is 1.52. The molecule has 0 unspecified atom stereocenters. The molecule has 0 aromatic carbocycles. The van der Waals surface area contributed by atoms with Gasteiger partial charge in [-0.2, -0.15) is 0 Å². The fourth-order valence-electron chi connectivity index (χ4n) is 2.10. The molecule has 0 aliphatic rings. The normalized spacial score (nSPS) is 11.7. The average Bonchev–Trinajstić information content (AvgIpc) is 2.97. The number of aryl methyl sites for hydroxylation is 2. The molecule has 7 nitrogen and oxygen atoms in total. The molecular weight excluding hydrogens is 296 g/mol. The third kappa shape index (κ3) is 7.00. The zero-order valence-electron chi connectivity index (χ0n) is 14.8. The van der Waals surface area contributed by atoms with Crippen LogP contribution in [0.25, 0.3) is 0 Å². The number of hydrogen-bond donors (Lipinski definition) is 2. The summed E-state index contributed by atoms with van der Waals surface area (Å²) in [6.07, 6.45) is 1.68. The molecule has 0 amide bonds. The van der Waals surface area contributed by atoms with Crippen LogP contribution in [0.2, 0.25) is 0 Å². The number of guanidine groups is 1. The first kappa shape index (κ1) is 19.4. The van der Waals surface area contributed by atoms with Crippen molar-refractivity contribution < 1.29 is 14.0 Å². The molecule has 132 valence electrons. The Morgan fingerprint density at radius 2 is 1.96 bits per heavy atom. The Hall–Kier alpha value is -1.60. The molecule has 0 saturated carbocycles. The van der Waals surface area contributed by atoms with Crippen LogP contribution in [-0.2, 0) is 28.9 Å². The maximum Gasteiger partial charge on any atom is 0.191 e. The van der Waals surface area contributed by atoms with Crippen molar-refractivity contribution in [3.05, 3.63) is 17.0 Å². The highest BCUT2D eigenvalue weighted by atomic mass is 16.5. The lowest BCUT2D eigenvalue weighted by molar-refractivity contribution is 0.0733. The van der Waals surface area contributed by atoms with Crippen LogP contribution in [0.3, 0.4) is 0 Å². The highest BCUT2D eigenvalue weighted by molar-refractivity contribution is 5.79. The minimum atomic E-state index is 0.565. The van der Waals surface area contributed by atoms with Gasteiger partial charge >= 0.3 is 0 Å². The van der Waals surface area contributed by atoms with Crippen molar-refractivity contribution in [2.45, 2.75) is 40.2 Å². The second-order valence-corrected chi connectivity index (χ2v) is 4.97. The van der Waals surface area contributed by atoms with Crippen LogP contribution >= 0.6 is 0 Å². The lowest BCUT2D eigenvalue weighted by Gasteiger charge is -2.11.